The molecule has 0 aliphatic heterocycles. The first-order valence-corrected chi connectivity index (χ1v) is 16.3. The lowest BCUT2D eigenvalue weighted by Gasteiger charge is -2.08. The lowest BCUT2D eigenvalue weighted by molar-refractivity contribution is 0.0989. The number of aromatic nitrogens is 2. The average molecular weight is 635 g/mol. The van der Waals surface area contributed by atoms with Crippen molar-refractivity contribution in [3.8, 4) is 0 Å². The van der Waals surface area contributed by atoms with Crippen LogP contribution in [0, 0.1) is 13.8 Å². The van der Waals surface area contributed by atoms with Crippen molar-refractivity contribution in [3.05, 3.63) is 119 Å². The maximum Gasteiger partial charge on any atom is 0.263 e. The summed E-state index contributed by atoms with van der Waals surface area (Å²) >= 11 is 0. The van der Waals surface area contributed by atoms with E-state index in [0.717, 1.165) is 0 Å². The van der Waals surface area contributed by atoms with Gasteiger partial charge in [0.25, 0.3) is 15.9 Å². The Morgan fingerprint density at radius 2 is 1.32 bits per heavy atom. The first-order chi connectivity index (χ1) is 20.9. The zero-order valence-electron chi connectivity index (χ0n) is 23.5. The molecule has 0 saturated carbocycles. The van der Waals surface area contributed by atoms with E-state index in [2.05, 4.69) is 20.4 Å². The van der Waals surface area contributed by atoms with Gasteiger partial charge in [-0.25, -0.2) is 16.8 Å². The van der Waals surface area contributed by atoms with Crippen molar-refractivity contribution in [2.24, 2.45) is 0 Å². The van der Waals surface area contributed by atoms with E-state index in [1.54, 1.807) is 32.0 Å². The largest absolute Gasteiger partial charge is 0.361 e. The molecule has 226 valence electrons. The molecule has 3 aromatic carbocycles. The standard InChI is InChI=1S/C30H26N4O8S2/c1-19-15-25(32-41-19)18-43(37,38)26-13-9-24(10-14-26)31-30(36)23-7-5-22(6-8-23)28(35)17-21-3-11-27(12-4-21)44(39,40)34-29-16-20(2)42-33-29/h3-16H,17-18H2,1-2H3,(H,31,36)(H,33,34). The number of aryl methyl sites for hydroxylation is 2. The Morgan fingerprint density at radius 1 is 0.727 bits per heavy atom. The molecule has 2 aromatic heterocycles. The molecule has 5 aromatic rings. The minimum absolute atomic E-state index is 0.00242. The summed E-state index contributed by atoms with van der Waals surface area (Å²) in [5, 5.41) is 10.0. The molecule has 0 bridgehead atoms. The van der Waals surface area contributed by atoms with Crippen LogP contribution in [0.2, 0.25) is 0 Å². The zero-order chi connectivity index (χ0) is 31.5. The van der Waals surface area contributed by atoms with Crippen LogP contribution in [0.15, 0.2) is 104 Å². The molecule has 0 unspecified atom stereocenters. The van der Waals surface area contributed by atoms with Gasteiger partial charge in [0.15, 0.2) is 21.4 Å². The minimum Gasteiger partial charge on any atom is -0.361 e. The maximum absolute atomic E-state index is 12.8. The highest BCUT2D eigenvalue weighted by Crippen LogP contribution is 2.21. The Kier molecular flexibility index (Phi) is 8.47. The summed E-state index contributed by atoms with van der Waals surface area (Å²) in [6.45, 7) is 3.31. The maximum atomic E-state index is 12.8. The number of Topliss-reactive ketones (excluding diaryl/α,β-unsaturated/α-hetero) is 1. The van der Waals surface area contributed by atoms with E-state index in [9.17, 15) is 26.4 Å². The Labute approximate surface area is 253 Å². The van der Waals surface area contributed by atoms with Gasteiger partial charge in [-0.15, -0.1) is 0 Å². The summed E-state index contributed by atoms with van der Waals surface area (Å²) in [6.07, 6.45) is 0.0211. The molecule has 0 aliphatic carbocycles. The third kappa shape index (κ3) is 7.27. The van der Waals surface area contributed by atoms with Gasteiger partial charge in [0, 0.05) is 35.4 Å². The molecule has 12 nitrogen and oxygen atoms in total. The predicted molar refractivity (Wildman–Crippen MR) is 159 cm³/mol. The van der Waals surface area contributed by atoms with Crippen LogP contribution in [0.5, 0.6) is 0 Å². The first-order valence-electron chi connectivity index (χ1n) is 13.1. The van der Waals surface area contributed by atoms with Gasteiger partial charge in [0.05, 0.1) is 15.5 Å². The summed E-state index contributed by atoms with van der Waals surface area (Å²) in [7, 11) is -7.54. The average Bonchev–Trinajstić information content (AvgIpc) is 3.59. The number of nitrogens with zero attached hydrogens (tertiary/aromatic N) is 2. The molecule has 0 radical (unpaired) electrons. The summed E-state index contributed by atoms with van der Waals surface area (Å²) in [4.78, 5) is 25.7. The molecule has 0 atom stereocenters. The number of benzene rings is 3. The SMILES string of the molecule is Cc1cc(CS(=O)(=O)c2ccc(NC(=O)c3ccc(C(=O)Cc4ccc(S(=O)(=O)Nc5cc(C)on5)cc4)cc3)cc2)no1. The number of hydrogen-bond donors (Lipinski definition) is 2. The van der Waals surface area contributed by atoms with Gasteiger partial charge in [-0.3, -0.25) is 14.3 Å². The van der Waals surface area contributed by atoms with Gasteiger partial charge in [0.2, 0.25) is 0 Å². The van der Waals surface area contributed by atoms with Crippen LogP contribution in [0.4, 0.5) is 11.5 Å². The van der Waals surface area contributed by atoms with E-state index in [4.69, 9.17) is 9.05 Å². The normalized spacial score (nSPS) is 11.7. The molecule has 2 heterocycles. The smallest absolute Gasteiger partial charge is 0.263 e. The van der Waals surface area contributed by atoms with Crippen LogP contribution in [0.25, 0.3) is 0 Å². The highest BCUT2D eigenvalue weighted by molar-refractivity contribution is 7.92. The van der Waals surface area contributed by atoms with Gasteiger partial charge >= 0.3 is 0 Å². The van der Waals surface area contributed by atoms with E-state index in [1.807, 2.05) is 0 Å². The van der Waals surface area contributed by atoms with Gasteiger partial charge < -0.3 is 14.4 Å². The molecule has 0 aliphatic rings. The monoisotopic (exact) mass is 634 g/mol. The number of carbonyl (C=O) groups is 2. The Bertz CT molecular complexity index is 1880. The topological polar surface area (TPSA) is 179 Å². The fraction of sp³-hybridized carbons (Fsp3) is 0.133. The molecule has 44 heavy (non-hydrogen) atoms. The van der Waals surface area contributed by atoms with Crippen LogP contribution in [-0.4, -0.2) is 38.8 Å². The highest BCUT2D eigenvalue weighted by Gasteiger charge is 2.19. The van der Waals surface area contributed by atoms with Gasteiger partial charge in [-0.1, -0.05) is 34.6 Å². The minimum atomic E-state index is -3.88. The van der Waals surface area contributed by atoms with Crippen molar-refractivity contribution in [2.45, 2.75) is 35.8 Å². The second-order valence-corrected chi connectivity index (χ2v) is 13.6. The summed E-state index contributed by atoms with van der Waals surface area (Å²) in [5.74, 6) is 0.0690. The molecular weight excluding hydrogens is 608 g/mol. The molecule has 14 heteroatoms. The highest BCUT2D eigenvalue weighted by atomic mass is 32.2. The number of carbonyl (C=O) groups excluding carboxylic acids is 2. The van der Waals surface area contributed by atoms with Gasteiger partial charge in [0.1, 0.15) is 17.3 Å². The fourth-order valence-electron chi connectivity index (χ4n) is 4.21. The predicted octanol–water partition coefficient (Wildman–Crippen LogP) is 4.73. The van der Waals surface area contributed by atoms with Crippen LogP contribution in [0.3, 0.4) is 0 Å². The van der Waals surface area contributed by atoms with Gasteiger partial charge in [-0.2, -0.15) is 0 Å². The lowest BCUT2D eigenvalue weighted by Crippen LogP contribution is -2.13. The number of sulfonamides is 1. The summed E-state index contributed by atoms with van der Waals surface area (Å²) < 4.78 is 62.6. The van der Waals surface area contributed by atoms with Crippen LogP contribution in [0.1, 0.15) is 43.5 Å². The Balaban J connectivity index is 1.16. The first kappa shape index (κ1) is 30.4. The Hall–Kier alpha value is -5.08. The summed E-state index contributed by atoms with van der Waals surface area (Å²) in [6, 6.07) is 20.7. The molecule has 1 amide bonds. The molecule has 0 fully saturated rings. The van der Waals surface area contributed by atoms with E-state index in [0.29, 0.717) is 39.6 Å². The number of hydrogen-bond acceptors (Lipinski definition) is 10. The molecule has 0 spiro atoms. The van der Waals surface area contributed by atoms with E-state index in [1.165, 1.54) is 66.7 Å². The van der Waals surface area contributed by atoms with E-state index < -0.39 is 25.8 Å². The van der Waals surface area contributed by atoms with Crippen molar-refractivity contribution in [1.82, 2.24) is 10.3 Å². The molecule has 0 saturated heterocycles. The van der Waals surface area contributed by atoms with Crippen LogP contribution >= 0.6 is 0 Å². The second-order valence-electron chi connectivity index (χ2n) is 9.92. The molecule has 2 N–H and O–H groups in total. The van der Waals surface area contributed by atoms with E-state index >= 15 is 0 Å². The number of amides is 1. The summed E-state index contributed by atoms with van der Waals surface area (Å²) in [5.41, 5.74) is 1.97. The molecular formula is C30H26N4O8S2. The number of ketones is 1. The lowest BCUT2D eigenvalue weighted by atomic mass is 10.0. The van der Waals surface area contributed by atoms with Crippen molar-refractivity contribution in [1.29, 1.82) is 0 Å². The Morgan fingerprint density at radius 3 is 1.91 bits per heavy atom. The number of sulfone groups is 1. The number of anilines is 2. The third-order valence-electron chi connectivity index (χ3n) is 6.42. The van der Waals surface area contributed by atoms with Crippen molar-refractivity contribution < 1.29 is 35.5 Å². The van der Waals surface area contributed by atoms with Crippen molar-refractivity contribution in [2.75, 3.05) is 10.0 Å². The number of rotatable bonds is 11. The van der Waals surface area contributed by atoms with Gasteiger partial charge in [-0.05, 0) is 67.9 Å². The number of nitrogens with one attached hydrogen (secondary N) is 2. The van der Waals surface area contributed by atoms with Crippen molar-refractivity contribution >= 4 is 43.1 Å². The second kappa shape index (κ2) is 12.3. The fourth-order valence-corrected chi connectivity index (χ4v) is 6.43. The van der Waals surface area contributed by atoms with Crippen LogP contribution < -0.4 is 10.0 Å². The van der Waals surface area contributed by atoms with Crippen LogP contribution in [-0.2, 0) is 32.0 Å². The third-order valence-corrected chi connectivity index (χ3v) is 9.46. The van der Waals surface area contributed by atoms with E-state index in [-0.39, 0.29) is 33.6 Å². The molecule has 5 rings (SSSR count). The quantitative estimate of drug-likeness (QED) is 0.193. The van der Waals surface area contributed by atoms with Crippen molar-refractivity contribution in [3.63, 3.8) is 0 Å². The zero-order valence-corrected chi connectivity index (χ0v) is 25.1.